The molecule has 3 N–H and O–H groups in total. The van der Waals surface area contributed by atoms with Crippen LogP contribution in [0.5, 0.6) is 0 Å². The highest BCUT2D eigenvalue weighted by molar-refractivity contribution is 6.04. The number of ether oxygens (including phenoxy) is 1. The standard InChI is InChI=1S/C32H32FN7O4/c1-16-9-23(28-35-7-8-43-28)36-13-21(16)20-10-18-11-24(32(29(34)41)17(2)25(32)19-12-38-40(6)15-19)37-14-22(18)27(26(20)33)39-30(42)44-31(3,4)5/h7-15,17,25H,1-6H3,(H2,34,41)(H,39,42). The van der Waals surface area contributed by atoms with Crippen LogP contribution >= 0.6 is 0 Å². The van der Waals surface area contributed by atoms with Crippen molar-refractivity contribution in [2.75, 3.05) is 5.32 Å². The highest BCUT2D eigenvalue weighted by Crippen LogP contribution is 2.65. The zero-order valence-electron chi connectivity index (χ0n) is 25.2. The third-order valence-electron chi connectivity index (χ3n) is 8.15. The molecule has 0 bridgehead atoms. The van der Waals surface area contributed by atoms with Crippen molar-refractivity contribution in [1.82, 2.24) is 24.7 Å². The predicted octanol–water partition coefficient (Wildman–Crippen LogP) is 5.64. The molecular weight excluding hydrogens is 565 g/mol. The Morgan fingerprint density at radius 1 is 1.11 bits per heavy atom. The van der Waals surface area contributed by atoms with Crippen molar-refractivity contribution >= 4 is 28.5 Å². The van der Waals surface area contributed by atoms with Crippen LogP contribution in [0.3, 0.4) is 0 Å². The lowest BCUT2D eigenvalue weighted by atomic mass is 9.91. The second-order valence-corrected chi connectivity index (χ2v) is 12.2. The molecule has 1 aliphatic carbocycles. The van der Waals surface area contributed by atoms with Crippen LogP contribution in [0.4, 0.5) is 14.9 Å². The summed E-state index contributed by atoms with van der Waals surface area (Å²) in [6, 6.07) is 5.14. The number of primary amides is 1. The Balaban J connectivity index is 1.52. The molecule has 5 aromatic rings. The fourth-order valence-electron chi connectivity index (χ4n) is 6.14. The van der Waals surface area contributed by atoms with E-state index >= 15 is 4.39 Å². The van der Waals surface area contributed by atoms with Gasteiger partial charge in [0.15, 0.2) is 5.82 Å². The van der Waals surface area contributed by atoms with E-state index in [-0.39, 0.29) is 23.1 Å². The molecule has 3 unspecified atom stereocenters. The Bertz CT molecular complexity index is 1930. The number of nitrogens with zero attached hydrogens (tertiary/aromatic N) is 5. The molecule has 1 fully saturated rings. The first-order valence-corrected chi connectivity index (χ1v) is 14.1. The van der Waals surface area contributed by atoms with Crippen molar-refractivity contribution in [1.29, 1.82) is 0 Å². The highest BCUT2D eigenvalue weighted by atomic mass is 19.1. The van der Waals surface area contributed by atoms with Gasteiger partial charge in [0.05, 0.1) is 23.8 Å². The average Bonchev–Trinajstić information content (AvgIpc) is 3.31. The molecule has 0 aliphatic heterocycles. The van der Waals surface area contributed by atoms with E-state index in [9.17, 15) is 9.59 Å². The van der Waals surface area contributed by atoms with Crippen molar-refractivity contribution < 1.29 is 23.1 Å². The number of rotatable bonds is 6. The minimum atomic E-state index is -1.08. The molecule has 1 saturated carbocycles. The van der Waals surface area contributed by atoms with Gasteiger partial charge in [-0.2, -0.15) is 5.10 Å². The summed E-state index contributed by atoms with van der Waals surface area (Å²) in [7, 11) is 1.81. The van der Waals surface area contributed by atoms with Crippen LogP contribution in [0.2, 0.25) is 0 Å². The van der Waals surface area contributed by atoms with Crippen LogP contribution in [-0.4, -0.2) is 42.3 Å². The topological polar surface area (TPSA) is 151 Å². The van der Waals surface area contributed by atoms with Crippen molar-refractivity contribution in [2.24, 2.45) is 18.7 Å². The number of hydrogen-bond acceptors (Lipinski definition) is 8. The summed E-state index contributed by atoms with van der Waals surface area (Å²) in [5.41, 5.74) is 7.23. The van der Waals surface area contributed by atoms with Crippen LogP contribution in [0.25, 0.3) is 33.5 Å². The molecule has 0 radical (unpaired) electrons. The number of fused-ring (bicyclic) bond motifs is 1. The first kappa shape index (κ1) is 29.0. The molecule has 1 aliphatic rings. The van der Waals surface area contributed by atoms with Gasteiger partial charge in [0.1, 0.15) is 23.0 Å². The number of aromatic nitrogens is 5. The second kappa shape index (κ2) is 10.2. The second-order valence-electron chi connectivity index (χ2n) is 12.2. The van der Waals surface area contributed by atoms with E-state index < -0.39 is 28.8 Å². The third-order valence-corrected chi connectivity index (χ3v) is 8.15. The van der Waals surface area contributed by atoms with E-state index in [1.807, 2.05) is 20.0 Å². The first-order valence-electron chi connectivity index (χ1n) is 14.1. The smallest absolute Gasteiger partial charge is 0.412 e. The van der Waals surface area contributed by atoms with Gasteiger partial charge in [0.25, 0.3) is 0 Å². The number of benzene rings is 1. The van der Waals surface area contributed by atoms with Gasteiger partial charge in [-0.1, -0.05) is 6.92 Å². The van der Waals surface area contributed by atoms with Crippen LogP contribution in [0.1, 0.15) is 50.4 Å². The summed E-state index contributed by atoms with van der Waals surface area (Å²) in [5.74, 6) is -1.25. The summed E-state index contributed by atoms with van der Waals surface area (Å²) < 4.78 is 28.9. The lowest BCUT2D eigenvalue weighted by Crippen LogP contribution is -2.32. The van der Waals surface area contributed by atoms with Crippen LogP contribution in [0.15, 0.2) is 59.9 Å². The number of amides is 2. The fourth-order valence-corrected chi connectivity index (χ4v) is 6.14. The van der Waals surface area contributed by atoms with Crippen LogP contribution in [0, 0.1) is 18.7 Å². The molecule has 4 aromatic heterocycles. The van der Waals surface area contributed by atoms with Gasteiger partial charge >= 0.3 is 6.09 Å². The van der Waals surface area contributed by atoms with Crippen molar-refractivity contribution in [3.63, 3.8) is 0 Å². The van der Waals surface area contributed by atoms with E-state index in [0.717, 1.165) is 5.56 Å². The molecule has 0 saturated heterocycles. The van der Waals surface area contributed by atoms with Gasteiger partial charge in [-0.25, -0.2) is 14.2 Å². The molecule has 44 heavy (non-hydrogen) atoms. The summed E-state index contributed by atoms with van der Waals surface area (Å²) in [4.78, 5) is 39.2. The number of carbonyl (C=O) groups is 2. The number of nitrogens with two attached hydrogens (primary N) is 1. The minimum Gasteiger partial charge on any atom is -0.444 e. The maximum atomic E-state index is 16.4. The largest absolute Gasteiger partial charge is 0.444 e. The van der Waals surface area contributed by atoms with E-state index in [1.165, 1.54) is 24.9 Å². The Morgan fingerprint density at radius 3 is 2.50 bits per heavy atom. The van der Waals surface area contributed by atoms with Gasteiger partial charge in [-0.15, -0.1) is 0 Å². The number of nitrogens with one attached hydrogen (secondary N) is 1. The molecular formula is C32H32FN7O4. The number of pyridine rings is 2. The van der Waals surface area contributed by atoms with Gasteiger partial charge in [0, 0.05) is 48.1 Å². The number of carbonyl (C=O) groups excluding carboxylic acids is 2. The summed E-state index contributed by atoms with van der Waals surface area (Å²) in [6.45, 7) is 8.92. The Hall–Kier alpha value is -5.13. The number of hydrogen-bond donors (Lipinski definition) is 2. The predicted molar refractivity (Wildman–Crippen MR) is 161 cm³/mol. The molecule has 12 heteroatoms. The number of oxazole rings is 1. The van der Waals surface area contributed by atoms with E-state index in [2.05, 4.69) is 25.4 Å². The lowest BCUT2D eigenvalue weighted by Gasteiger charge is -2.21. The molecule has 3 atom stereocenters. The molecule has 1 aromatic carbocycles. The molecule has 2 amide bonds. The maximum Gasteiger partial charge on any atom is 0.412 e. The summed E-state index contributed by atoms with van der Waals surface area (Å²) in [6.07, 6.45) is 8.71. The summed E-state index contributed by atoms with van der Waals surface area (Å²) >= 11 is 0. The maximum absolute atomic E-state index is 16.4. The number of halogens is 1. The van der Waals surface area contributed by atoms with E-state index in [4.69, 9.17) is 14.9 Å². The van der Waals surface area contributed by atoms with Crippen molar-refractivity contribution in [3.05, 3.63) is 78.1 Å². The fraction of sp³-hybridized carbons (Fsp3) is 0.312. The molecule has 226 valence electrons. The summed E-state index contributed by atoms with van der Waals surface area (Å²) in [5, 5.41) is 7.72. The van der Waals surface area contributed by atoms with Crippen LogP contribution < -0.4 is 11.1 Å². The number of anilines is 1. The van der Waals surface area contributed by atoms with Gasteiger partial charge in [0.2, 0.25) is 11.8 Å². The SMILES string of the molecule is Cc1cc(-c2ncco2)ncc1-c1cc2cc(C3(C(N)=O)C(C)C3c3cnn(C)c3)ncc2c(NC(=O)OC(C)(C)C)c1F. The Labute approximate surface area is 252 Å². The lowest BCUT2D eigenvalue weighted by molar-refractivity contribution is -0.121. The quantitative estimate of drug-likeness (QED) is 0.255. The van der Waals surface area contributed by atoms with Gasteiger partial charge in [-0.3, -0.25) is 24.8 Å². The van der Waals surface area contributed by atoms with Crippen molar-refractivity contribution in [2.45, 2.75) is 51.6 Å². The molecule has 4 heterocycles. The zero-order chi connectivity index (χ0) is 31.6. The van der Waals surface area contributed by atoms with Crippen molar-refractivity contribution in [3.8, 4) is 22.7 Å². The monoisotopic (exact) mass is 597 g/mol. The zero-order valence-corrected chi connectivity index (χ0v) is 25.2. The third kappa shape index (κ3) is 4.76. The highest BCUT2D eigenvalue weighted by Gasteiger charge is 2.69. The minimum absolute atomic E-state index is 0.109. The molecule has 11 nitrogen and oxygen atoms in total. The molecule has 0 spiro atoms. The van der Waals surface area contributed by atoms with Crippen LogP contribution in [-0.2, 0) is 22.0 Å². The van der Waals surface area contributed by atoms with Gasteiger partial charge < -0.3 is 14.9 Å². The molecule has 6 rings (SSSR count). The Kier molecular flexibility index (Phi) is 6.75. The normalized spacial score (nSPS) is 19.6. The van der Waals surface area contributed by atoms with E-state index in [1.54, 1.807) is 56.9 Å². The average molecular weight is 598 g/mol. The number of aryl methyl sites for hydroxylation is 2. The van der Waals surface area contributed by atoms with E-state index in [0.29, 0.717) is 39.2 Å². The van der Waals surface area contributed by atoms with Gasteiger partial charge in [-0.05, 0) is 68.3 Å². The first-order chi connectivity index (χ1) is 20.8. The Morgan fingerprint density at radius 2 is 1.89 bits per heavy atom.